The molecule has 0 N–H and O–H groups in total. The highest BCUT2D eigenvalue weighted by Gasteiger charge is 2.11. The van der Waals surface area contributed by atoms with Gasteiger partial charge in [0.1, 0.15) is 0 Å². The van der Waals surface area contributed by atoms with Crippen molar-refractivity contribution in [3.05, 3.63) is 30.5 Å². The van der Waals surface area contributed by atoms with Gasteiger partial charge in [0, 0.05) is 12.4 Å². The SMILES string of the molecule is COC(=O)c1cn(-c2cnccn2)nn1. The molecule has 0 unspecified atom stereocenters. The zero-order valence-electron chi connectivity index (χ0n) is 7.86. The summed E-state index contributed by atoms with van der Waals surface area (Å²) in [6, 6.07) is 0. The molecule has 0 spiro atoms. The van der Waals surface area contributed by atoms with Gasteiger partial charge in [0.2, 0.25) is 0 Å². The van der Waals surface area contributed by atoms with Crippen LogP contribution in [0.15, 0.2) is 24.8 Å². The Hall–Kier alpha value is -2.31. The van der Waals surface area contributed by atoms with Crippen molar-refractivity contribution in [2.75, 3.05) is 7.11 Å². The van der Waals surface area contributed by atoms with E-state index in [1.807, 2.05) is 0 Å². The predicted octanol–water partition coefficient (Wildman–Crippen LogP) is -0.156. The van der Waals surface area contributed by atoms with Gasteiger partial charge in [0.25, 0.3) is 0 Å². The van der Waals surface area contributed by atoms with Crippen molar-refractivity contribution >= 4 is 5.97 Å². The summed E-state index contributed by atoms with van der Waals surface area (Å²) < 4.78 is 5.84. The number of hydrogen-bond acceptors (Lipinski definition) is 6. The van der Waals surface area contributed by atoms with Crippen LogP contribution in [-0.2, 0) is 4.74 Å². The van der Waals surface area contributed by atoms with Gasteiger partial charge >= 0.3 is 5.97 Å². The summed E-state index contributed by atoms with van der Waals surface area (Å²) in [6.07, 6.45) is 6.00. The van der Waals surface area contributed by atoms with Crippen molar-refractivity contribution < 1.29 is 9.53 Å². The predicted molar refractivity (Wildman–Crippen MR) is 48.3 cm³/mol. The summed E-state index contributed by atoms with van der Waals surface area (Å²) >= 11 is 0. The topological polar surface area (TPSA) is 82.8 Å². The van der Waals surface area contributed by atoms with Gasteiger partial charge in [-0.15, -0.1) is 5.10 Å². The summed E-state index contributed by atoms with van der Waals surface area (Å²) in [5.41, 5.74) is 0.128. The van der Waals surface area contributed by atoms with Crippen LogP contribution in [0.2, 0.25) is 0 Å². The molecule has 7 heteroatoms. The van der Waals surface area contributed by atoms with E-state index in [0.717, 1.165) is 0 Å². The van der Waals surface area contributed by atoms with Gasteiger partial charge < -0.3 is 4.74 Å². The van der Waals surface area contributed by atoms with Crippen molar-refractivity contribution in [2.24, 2.45) is 0 Å². The normalized spacial score (nSPS) is 9.93. The maximum Gasteiger partial charge on any atom is 0.360 e. The summed E-state index contributed by atoms with van der Waals surface area (Å²) in [5.74, 6) is -0.0507. The van der Waals surface area contributed by atoms with Crippen LogP contribution in [-0.4, -0.2) is 38.0 Å². The number of esters is 1. The van der Waals surface area contributed by atoms with Crippen molar-refractivity contribution in [1.29, 1.82) is 0 Å². The van der Waals surface area contributed by atoms with Crippen LogP contribution >= 0.6 is 0 Å². The van der Waals surface area contributed by atoms with Crippen molar-refractivity contribution in [3.8, 4) is 5.82 Å². The van der Waals surface area contributed by atoms with Crippen LogP contribution in [0.25, 0.3) is 5.82 Å². The molecule has 0 aromatic carbocycles. The average Bonchev–Trinajstić information content (AvgIpc) is 2.78. The molecule has 0 fully saturated rings. The van der Waals surface area contributed by atoms with Crippen LogP contribution < -0.4 is 0 Å². The van der Waals surface area contributed by atoms with Crippen LogP contribution in [0.5, 0.6) is 0 Å². The Labute approximate surface area is 84.7 Å². The number of methoxy groups -OCH3 is 1. The molecule has 0 bridgehead atoms. The Bertz CT molecular complexity index is 467. The van der Waals surface area contributed by atoms with Gasteiger partial charge in [-0.2, -0.15) is 4.68 Å². The van der Waals surface area contributed by atoms with Gasteiger partial charge in [0.15, 0.2) is 11.5 Å². The number of hydrogen-bond donors (Lipinski definition) is 0. The van der Waals surface area contributed by atoms with Gasteiger partial charge in [-0.05, 0) is 0 Å². The van der Waals surface area contributed by atoms with Gasteiger partial charge in [-0.1, -0.05) is 5.21 Å². The summed E-state index contributed by atoms with van der Waals surface area (Å²) in [5, 5.41) is 7.35. The molecule has 76 valence electrons. The molecule has 15 heavy (non-hydrogen) atoms. The van der Waals surface area contributed by atoms with E-state index in [2.05, 4.69) is 25.0 Å². The standard InChI is InChI=1S/C8H7N5O2/c1-15-8(14)6-5-13(12-11-6)7-4-9-2-3-10-7/h2-5H,1H3. The van der Waals surface area contributed by atoms with Crippen molar-refractivity contribution in [2.45, 2.75) is 0 Å². The minimum absolute atomic E-state index is 0.128. The quantitative estimate of drug-likeness (QED) is 0.634. The third-order valence-electron chi connectivity index (χ3n) is 1.67. The third kappa shape index (κ3) is 1.80. The minimum atomic E-state index is -0.537. The highest BCUT2D eigenvalue weighted by atomic mass is 16.5. The van der Waals surface area contributed by atoms with E-state index in [1.54, 1.807) is 6.20 Å². The number of carbonyl (C=O) groups is 1. The van der Waals surface area contributed by atoms with Gasteiger partial charge in [-0.3, -0.25) is 4.98 Å². The molecule has 2 rings (SSSR count). The Morgan fingerprint density at radius 2 is 2.33 bits per heavy atom. The molecule has 2 heterocycles. The lowest BCUT2D eigenvalue weighted by Crippen LogP contribution is -2.01. The van der Waals surface area contributed by atoms with Gasteiger partial charge in [-0.25, -0.2) is 9.78 Å². The fourth-order valence-electron chi connectivity index (χ4n) is 0.983. The second kappa shape index (κ2) is 3.82. The van der Waals surface area contributed by atoms with Crippen LogP contribution in [0.4, 0.5) is 0 Å². The summed E-state index contributed by atoms with van der Waals surface area (Å²) in [6.45, 7) is 0. The molecule has 0 amide bonds. The van der Waals surface area contributed by atoms with E-state index in [9.17, 15) is 4.79 Å². The van der Waals surface area contributed by atoms with E-state index in [0.29, 0.717) is 5.82 Å². The molecule has 0 saturated heterocycles. The van der Waals surface area contributed by atoms with E-state index >= 15 is 0 Å². The Morgan fingerprint density at radius 1 is 1.47 bits per heavy atom. The first kappa shape index (κ1) is 9.25. The monoisotopic (exact) mass is 205 g/mol. The second-order valence-corrected chi connectivity index (χ2v) is 2.60. The molecular formula is C8H7N5O2. The Morgan fingerprint density at radius 3 is 3.00 bits per heavy atom. The molecule has 0 aliphatic rings. The zero-order chi connectivity index (χ0) is 10.7. The molecule has 2 aromatic heterocycles. The first-order valence-electron chi connectivity index (χ1n) is 4.08. The molecular weight excluding hydrogens is 198 g/mol. The molecule has 0 saturated carbocycles. The largest absolute Gasteiger partial charge is 0.464 e. The fraction of sp³-hybridized carbons (Fsp3) is 0.125. The van der Waals surface area contributed by atoms with Crippen LogP contribution in [0, 0.1) is 0 Å². The van der Waals surface area contributed by atoms with E-state index < -0.39 is 5.97 Å². The number of nitrogens with zero attached hydrogens (tertiary/aromatic N) is 5. The van der Waals surface area contributed by atoms with Crippen LogP contribution in [0.3, 0.4) is 0 Å². The molecule has 0 radical (unpaired) electrons. The smallest absolute Gasteiger partial charge is 0.360 e. The molecule has 0 aliphatic carbocycles. The second-order valence-electron chi connectivity index (χ2n) is 2.60. The average molecular weight is 205 g/mol. The molecule has 0 aliphatic heterocycles. The number of ether oxygens (including phenoxy) is 1. The fourth-order valence-corrected chi connectivity index (χ4v) is 0.983. The van der Waals surface area contributed by atoms with E-state index in [-0.39, 0.29) is 5.69 Å². The van der Waals surface area contributed by atoms with Crippen molar-refractivity contribution in [1.82, 2.24) is 25.0 Å². The number of carbonyl (C=O) groups excluding carboxylic acids is 1. The molecule has 7 nitrogen and oxygen atoms in total. The molecule has 2 aromatic rings. The van der Waals surface area contributed by atoms with E-state index in [4.69, 9.17) is 0 Å². The lowest BCUT2D eigenvalue weighted by molar-refractivity contribution is 0.0594. The molecule has 0 atom stereocenters. The van der Waals surface area contributed by atoms with Gasteiger partial charge in [0.05, 0.1) is 19.5 Å². The van der Waals surface area contributed by atoms with Crippen molar-refractivity contribution in [3.63, 3.8) is 0 Å². The highest BCUT2D eigenvalue weighted by Crippen LogP contribution is 2.01. The first-order valence-corrected chi connectivity index (χ1v) is 4.08. The first-order chi connectivity index (χ1) is 7.31. The minimum Gasteiger partial charge on any atom is -0.464 e. The third-order valence-corrected chi connectivity index (χ3v) is 1.67. The zero-order valence-corrected chi connectivity index (χ0v) is 7.86. The lowest BCUT2D eigenvalue weighted by Gasteiger charge is -1.95. The summed E-state index contributed by atoms with van der Waals surface area (Å²) in [4.78, 5) is 18.9. The van der Waals surface area contributed by atoms with E-state index in [1.165, 1.54) is 30.4 Å². The maximum absolute atomic E-state index is 11.1. The Kier molecular flexibility index (Phi) is 2.36. The maximum atomic E-state index is 11.1. The Balaban J connectivity index is 2.32. The highest BCUT2D eigenvalue weighted by molar-refractivity contribution is 5.86. The summed E-state index contributed by atoms with van der Waals surface area (Å²) in [7, 11) is 1.28. The number of rotatable bonds is 2. The lowest BCUT2D eigenvalue weighted by atomic mass is 10.5. The van der Waals surface area contributed by atoms with Crippen LogP contribution in [0.1, 0.15) is 10.5 Å². The number of aromatic nitrogens is 5.